The van der Waals surface area contributed by atoms with Crippen molar-refractivity contribution < 1.29 is 19.1 Å². The standard InChI is InChI=1S/C23H18N2O4/c26-22(24-17-10-11-20-21(13-17)29-14-28-20)19-12-16-8-4-5-9-18(16)25(19)23(27)15-6-2-1-3-7-15/h1-11,13,19H,12,14H2,(H,24,26)/t19-/m0/s1. The summed E-state index contributed by atoms with van der Waals surface area (Å²) in [4.78, 5) is 28.0. The summed E-state index contributed by atoms with van der Waals surface area (Å²) < 4.78 is 10.7. The first-order valence-electron chi connectivity index (χ1n) is 9.38. The van der Waals surface area contributed by atoms with E-state index in [-0.39, 0.29) is 18.6 Å². The number of carbonyl (C=O) groups excluding carboxylic acids is 2. The molecule has 2 aliphatic heterocycles. The van der Waals surface area contributed by atoms with Crippen molar-refractivity contribution >= 4 is 23.2 Å². The highest BCUT2D eigenvalue weighted by Crippen LogP contribution is 2.36. The molecule has 3 aromatic carbocycles. The van der Waals surface area contributed by atoms with Crippen molar-refractivity contribution in [3.05, 3.63) is 83.9 Å². The number of hydrogen-bond acceptors (Lipinski definition) is 4. The number of hydrogen-bond donors (Lipinski definition) is 1. The van der Waals surface area contributed by atoms with Crippen molar-refractivity contribution in [2.45, 2.75) is 12.5 Å². The number of nitrogens with one attached hydrogen (secondary N) is 1. The van der Waals surface area contributed by atoms with E-state index in [1.54, 1.807) is 35.2 Å². The van der Waals surface area contributed by atoms with E-state index in [4.69, 9.17) is 9.47 Å². The molecule has 5 rings (SSSR count). The van der Waals surface area contributed by atoms with Crippen molar-refractivity contribution in [3.8, 4) is 11.5 Å². The smallest absolute Gasteiger partial charge is 0.259 e. The molecule has 2 heterocycles. The van der Waals surface area contributed by atoms with E-state index in [2.05, 4.69) is 5.32 Å². The Kier molecular flexibility index (Phi) is 4.17. The van der Waals surface area contributed by atoms with E-state index < -0.39 is 6.04 Å². The van der Waals surface area contributed by atoms with Crippen LogP contribution in [0.2, 0.25) is 0 Å². The molecular formula is C23H18N2O4. The lowest BCUT2D eigenvalue weighted by molar-refractivity contribution is -0.117. The normalized spacial score (nSPS) is 16.4. The van der Waals surface area contributed by atoms with Crippen LogP contribution < -0.4 is 19.7 Å². The van der Waals surface area contributed by atoms with Gasteiger partial charge >= 0.3 is 0 Å². The zero-order chi connectivity index (χ0) is 19.8. The molecule has 1 N–H and O–H groups in total. The van der Waals surface area contributed by atoms with Gasteiger partial charge in [0.15, 0.2) is 11.5 Å². The molecule has 0 spiro atoms. The Balaban J connectivity index is 1.45. The Hall–Kier alpha value is -3.80. The summed E-state index contributed by atoms with van der Waals surface area (Å²) in [6.45, 7) is 0.171. The van der Waals surface area contributed by atoms with Crippen LogP contribution in [0.25, 0.3) is 0 Å². The van der Waals surface area contributed by atoms with Gasteiger partial charge in [0.25, 0.3) is 5.91 Å². The molecule has 2 aliphatic rings. The van der Waals surface area contributed by atoms with Crippen molar-refractivity contribution in [2.75, 3.05) is 17.0 Å². The van der Waals surface area contributed by atoms with E-state index >= 15 is 0 Å². The molecule has 29 heavy (non-hydrogen) atoms. The fourth-order valence-electron chi connectivity index (χ4n) is 3.77. The van der Waals surface area contributed by atoms with Gasteiger partial charge in [-0.3, -0.25) is 14.5 Å². The largest absolute Gasteiger partial charge is 0.454 e. The highest BCUT2D eigenvalue weighted by atomic mass is 16.7. The van der Waals surface area contributed by atoms with Crippen molar-refractivity contribution in [1.29, 1.82) is 0 Å². The molecule has 144 valence electrons. The van der Waals surface area contributed by atoms with Crippen LogP contribution in [-0.2, 0) is 11.2 Å². The molecule has 0 aromatic heterocycles. The Morgan fingerprint density at radius 3 is 2.52 bits per heavy atom. The number of anilines is 2. The van der Waals surface area contributed by atoms with Crippen LogP contribution in [-0.4, -0.2) is 24.6 Å². The summed E-state index contributed by atoms with van der Waals surface area (Å²) in [7, 11) is 0. The predicted octanol–water partition coefficient (Wildman–Crippen LogP) is 3.63. The van der Waals surface area contributed by atoms with Gasteiger partial charge < -0.3 is 14.8 Å². The zero-order valence-corrected chi connectivity index (χ0v) is 15.5. The average Bonchev–Trinajstić information content (AvgIpc) is 3.38. The summed E-state index contributed by atoms with van der Waals surface area (Å²) in [5, 5.41) is 2.92. The molecular weight excluding hydrogens is 368 g/mol. The molecule has 0 aliphatic carbocycles. The van der Waals surface area contributed by atoms with Crippen LogP contribution in [0.4, 0.5) is 11.4 Å². The number of amides is 2. The van der Waals surface area contributed by atoms with Crippen molar-refractivity contribution in [3.63, 3.8) is 0 Å². The minimum atomic E-state index is -0.634. The molecule has 2 amide bonds. The number of ether oxygens (including phenoxy) is 2. The van der Waals surface area contributed by atoms with Crippen LogP contribution in [0.5, 0.6) is 11.5 Å². The quantitative estimate of drug-likeness (QED) is 0.747. The SMILES string of the molecule is O=C(Nc1ccc2c(c1)OCO2)[C@@H]1Cc2ccccc2N1C(=O)c1ccccc1. The Morgan fingerprint density at radius 1 is 0.897 bits per heavy atom. The molecule has 0 unspecified atom stereocenters. The molecule has 6 nitrogen and oxygen atoms in total. The highest BCUT2D eigenvalue weighted by molar-refractivity contribution is 6.13. The van der Waals surface area contributed by atoms with Gasteiger partial charge in [-0.1, -0.05) is 36.4 Å². The van der Waals surface area contributed by atoms with Gasteiger partial charge in [0.05, 0.1) is 0 Å². The first-order chi connectivity index (χ1) is 14.2. The average molecular weight is 386 g/mol. The van der Waals surface area contributed by atoms with E-state index in [0.717, 1.165) is 11.3 Å². The second-order valence-corrected chi connectivity index (χ2v) is 6.95. The molecule has 6 heteroatoms. The lowest BCUT2D eigenvalue weighted by atomic mass is 10.1. The third kappa shape index (κ3) is 3.08. The molecule has 0 bridgehead atoms. The second-order valence-electron chi connectivity index (χ2n) is 6.95. The fraction of sp³-hybridized carbons (Fsp3) is 0.130. The Bertz CT molecular complexity index is 1100. The molecule has 0 radical (unpaired) electrons. The third-order valence-corrected chi connectivity index (χ3v) is 5.16. The third-order valence-electron chi connectivity index (χ3n) is 5.16. The van der Waals surface area contributed by atoms with E-state index in [1.807, 2.05) is 42.5 Å². The highest BCUT2D eigenvalue weighted by Gasteiger charge is 2.38. The topological polar surface area (TPSA) is 67.9 Å². The molecule has 1 atom stereocenters. The molecule has 0 fully saturated rings. The number of fused-ring (bicyclic) bond motifs is 2. The lowest BCUT2D eigenvalue weighted by Gasteiger charge is -2.25. The summed E-state index contributed by atoms with van der Waals surface area (Å²) in [5.41, 5.74) is 2.89. The zero-order valence-electron chi connectivity index (χ0n) is 15.5. The maximum absolute atomic E-state index is 13.2. The van der Waals surface area contributed by atoms with Crippen LogP contribution in [0.15, 0.2) is 72.8 Å². The minimum absolute atomic E-state index is 0.171. The summed E-state index contributed by atoms with van der Waals surface area (Å²) in [6.07, 6.45) is 0.463. The fourth-order valence-corrected chi connectivity index (χ4v) is 3.77. The monoisotopic (exact) mass is 386 g/mol. The maximum atomic E-state index is 13.2. The van der Waals surface area contributed by atoms with E-state index in [9.17, 15) is 9.59 Å². The van der Waals surface area contributed by atoms with Gasteiger partial charge in [-0.15, -0.1) is 0 Å². The minimum Gasteiger partial charge on any atom is -0.454 e. The first kappa shape index (κ1) is 17.3. The molecule has 0 saturated carbocycles. The van der Waals surface area contributed by atoms with Gasteiger partial charge in [-0.25, -0.2) is 0 Å². The van der Waals surface area contributed by atoms with Gasteiger partial charge in [0.2, 0.25) is 12.7 Å². The van der Waals surface area contributed by atoms with Crippen molar-refractivity contribution in [2.24, 2.45) is 0 Å². The second kappa shape index (κ2) is 6.98. The van der Waals surface area contributed by atoms with E-state index in [1.165, 1.54) is 0 Å². The lowest BCUT2D eigenvalue weighted by Crippen LogP contribution is -2.45. The van der Waals surface area contributed by atoms with Gasteiger partial charge in [-0.2, -0.15) is 0 Å². The summed E-state index contributed by atoms with van der Waals surface area (Å²) in [5.74, 6) is 0.803. The molecule has 3 aromatic rings. The van der Waals surface area contributed by atoms with Crippen molar-refractivity contribution in [1.82, 2.24) is 0 Å². The predicted molar refractivity (Wildman–Crippen MR) is 108 cm³/mol. The first-order valence-corrected chi connectivity index (χ1v) is 9.38. The van der Waals surface area contributed by atoms with Crippen LogP contribution in [0, 0.1) is 0 Å². The Morgan fingerprint density at radius 2 is 1.66 bits per heavy atom. The Labute approximate surface area is 167 Å². The van der Waals surface area contributed by atoms with Crippen LogP contribution >= 0.6 is 0 Å². The number of nitrogens with zero attached hydrogens (tertiary/aromatic N) is 1. The summed E-state index contributed by atoms with van der Waals surface area (Å²) >= 11 is 0. The van der Waals surface area contributed by atoms with Crippen LogP contribution in [0.1, 0.15) is 15.9 Å². The number of benzene rings is 3. The summed E-state index contributed by atoms with van der Waals surface area (Å²) in [6, 6.07) is 21.3. The number of rotatable bonds is 3. The number of carbonyl (C=O) groups is 2. The van der Waals surface area contributed by atoms with Gasteiger partial charge in [0, 0.05) is 29.4 Å². The van der Waals surface area contributed by atoms with E-state index in [0.29, 0.717) is 29.2 Å². The molecule has 0 saturated heterocycles. The van der Waals surface area contributed by atoms with Gasteiger partial charge in [-0.05, 0) is 35.9 Å². The maximum Gasteiger partial charge on any atom is 0.259 e. The van der Waals surface area contributed by atoms with Gasteiger partial charge in [0.1, 0.15) is 6.04 Å². The van der Waals surface area contributed by atoms with Crippen LogP contribution in [0.3, 0.4) is 0 Å². The number of para-hydroxylation sites is 1.